The van der Waals surface area contributed by atoms with Crippen molar-refractivity contribution in [3.05, 3.63) is 132 Å². The lowest BCUT2D eigenvalue weighted by molar-refractivity contribution is -0.120. The number of nitrogens with one attached hydrogen (secondary N) is 2. The summed E-state index contributed by atoms with van der Waals surface area (Å²) in [5.41, 5.74) is 4.74. The first-order valence-electron chi connectivity index (χ1n) is 16.6. The van der Waals surface area contributed by atoms with Gasteiger partial charge < -0.3 is 23.4 Å². The second-order valence-corrected chi connectivity index (χ2v) is 14.7. The molecular weight excluding hydrogens is 713 g/mol. The number of hydrogen-bond acceptors (Lipinski definition) is 10. The Bertz CT molecular complexity index is 2020. The molecule has 2 N–H and O–H groups in total. The van der Waals surface area contributed by atoms with Gasteiger partial charge in [-0.25, -0.2) is 0 Å². The number of rotatable bonds is 15. The number of benzene rings is 5. The standard InChI is InChI=1S/C40H40N4O5S3/c1-27-19-20-37(36(23-27)49-4)51-42-40(46)39(28-11-8-12-29(24-28)47-2)43-22-21-33-34(43)17-10-18-35(33)44(52-32-16-9-13-30(25-32)48-3)26-38(45)41-50-31-14-6-5-7-15-31/h5-20,23-25,39H,21-22,26H2,1-4H3,(H,41,45)(H,42,46). The van der Waals surface area contributed by atoms with Crippen LogP contribution in [0.25, 0.3) is 0 Å². The van der Waals surface area contributed by atoms with E-state index in [-0.39, 0.29) is 18.4 Å². The summed E-state index contributed by atoms with van der Waals surface area (Å²) in [5, 5.41) is 0. The molecule has 0 aliphatic carbocycles. The van der Waals surface area contributed by atoms with E-state index >= 15 is 0 Å². The molecule has 0 saturated carbocycles. The molecule has 1 aliphatic rings. The number of nitrogens with zero attached hydrogens (tertiary/aromatic N) is 2. The van der Waals surface area contributed by atoms with Gasteiger partial charge in [-0.3, -0.25) is 19.0 Å². The lowest BCUT2D eigenvalue weighted by atomic mass is 10.0. The molecule has 6 rings (SSSR count). The summed E-state index contributed by atoms with van der Waals surface area (Å²) in [7, 11) is 4.88. The summed E-state index contributed by atoms with van der Waals surface area (Å²) in [6.45, 7) is 2.68. The number of fused-ring (bicyclic) bond motifs is 1. The van der Waals surface area contributed by atoms with Crippen LogP contribution in [0.2, 0.25) is 0 Å². The first-order chi connectivity index (χ1) is 25.4. The van der Waals surface area contributed by atoms with Crippen molar-refractivity contribution in [3.8, 4) is 17.2 Å². The molecule has 9 nitrogen and oxygen atoms in total. The summed E-state index contributed by atoms with van der Waals surface area (Å²) in [5.74, 6) is 1.76. The van der Waals surface area contributed by atoms with E-state index in [0.29, 0.717) is 24.5 Å². The maximum Gasteiger partial charge on any atom is 0.257 e. The molecule has 52 heavy (non-hydrogen) atoms. The summed E-state index contributed by atoms with van der Waals surface area (Å²) < 4.78 is 24.8. The monoisotopic (exact) mass is 752 g/mol. The third kappa shape index (κ3) is 8.93. The molecule has 1 atom stereocenters. The normalized spacial score (nSPS) is 12.4. The maximum absolute atomic E-state index is 14.3. The van der Waals surface area contributed by atoms with Crippen LogP contribution in [0.4, 0.5) is 11.4 Å². The number of carbonyl (C=O) groups is 2. The molecule has 0 fully saturated rings. The van der Waals surface area contributed by atoms with E-state index in [1.165, 1.54) is 35.8 Å². The third-order valence-corrected chi connectivity index (χ3v) is 11.1. The number of hydrogen-bond donors (Lipinski definition) is 2. The van der Waals surface area contributed by atoms with Crippen LogP contribution in [0.3, 0.4) is 0 Å². The smallest absolute Gasteiger partial charge is 0.257 e. The molecule has 5 aromatic carbocycles. The molecular formula is C40H40N4O5S3. The van der Waals surface area contributed by atoms with Gasteiger partial charge in [0, 0.05) is 27.6 Å². The van der Waals surface area contributed by atoms with Gasteiger partial charge in [-0.05, 0) is 127 Å². The van der Waals surface area contributed by atoms with E-state index in [1.54, 1.807) is 21.3 Å². The second-order valence-electron chi connectivity index (χ2n) is 11.9. The van der Waals surface area contributed by atoms with Gasteiger partial charge >= 0.3 is 0 Å². The lowest BCUT2D eigenvalue weighted by Crippen LogP contribution is -2.37. The van der Waals surface area contributed by atoms with Crippen LogP contribution in [0.15, 0.2) is 130 Å². The van der Waals surface area contributed by atoms with Crippen LogP contribution in [-0.2, 0) is 16.0 Å². The molecule has 0 bridgehead atoms. The SMILES string of the molecule is COc1cccc(SN(CC(=O)NSc2ccccc2)c2cccc3c2CCN3C(C(=O)NSc2ccc(C)cc2OC)c2cccc(OC)c2)c1. The summed E-state index contributed by atoms with van der Waals surface area (Å²) in [6, 6.07) is 36.4. The fourth-order valence-corrected chi connectivity index (χ4v) is 8.27. The number of carbonyl (C=O) groups excluding carboxylic acids is 2. The molecule has 1 aliphatic heterocycles. The fourth-order valence-electron chi connectivity index (χ4n) is 5.97. The van der Waals surface area contributed by atoms with Crippen LogP contribution < -0.4 is 32.9 Å². The van der Waals surface area contributed by atoms with Gasteiger partial charge in [0.2, 0.25) is 0 Å². The number of anilines is 2. The number of ether oxygens (including phenoxy) is 3. The second kappa shape index (κ2) is 17.5. The van der Waals surface area contributed by atoms with E-state index in [4.69, 9.17) is 14.2 Å². The highest BCUT2D eigenvalue weighted by Gasteiger charge is 2.35. The highest BCUT2D eigenvalue weighted by atomic mass is 32.2. The molecule has 1 unspecified atom stereocenters. The molecule has 12 heteroatoms. The molecule has 1 heterocycles. The van der Waals surface area contributed by atoms with Gasteiger partial charge in [-0.1, -0.05) is 48.5 Å². The summed E-state index contributed by atoms with van der Waals surface area (Å²) in [6.07, 6.45) is 0.674. The first kappa shape index (κ1) is 36.9. The Hall–Kier alpha value is -4.91. The van der Waals surface area contributed by atoms with Crippen LogP contribution in [0, 0.1) is 6.92 Å². The Morgan fingerprint density at radius 3 is 2.27 bits per heavy atom. The highest BCUT2D eigenvalue weighted by Crippen LogP contribution is 2.43. The minimum atomic E-state index is -0.666. The Morgan fingerprint density at radius 1 is 0.769 bits per heavy atom. The summed E-state index contributed by atoms with van der Waals surface area (Å²) in [4.78, 5) is 32.6. The Morgan fingerprint density at radius 2 is 1.50 bits per heavy atom. The van der Waals surface area contributed by atoms with Crippen molar-refractivity contribution in [2.24, 2.45) is 0 Å². The highest BCUT2D eigenvalue weighted by molar-refractivity contribution is 8.00. The van der Waals surface area contributed by atoms with Crippen molar-refractivity contribution in [1.29, 1.82) is 0 Å². The van der Waals surface area contributed by atoms with Crippen LogP contribution in [-0.4, -0.2) is 46.2 Å². The quantitative estimate of drug-likeness (QED) is 0.102. The molecule has 5 aromatic rings. The van der Waals surface area contributed by atoms with Crippen LogP contribution >= 0.6 is 35.8 Å². The van der Waals surface area contributed by atoms with Gasteiger partial charge in [0.25, 0.3) is 11.8 Å². The zero-order valence-corrected chi connectivity index (χ0v) is 31.8. The molecule has 0 spiro atoms. The third-order valence-electron chi connectivity index (χ3n) is 8.43. The van der Waals surface area contributed by atoms with E-state index in [9.17, 15) is 9.59 Å². The zero-order chi connectivity index (χ0) is 36.5. The van der Waals surface area contributed by atoms with Crippen molar-refractivity contribution in [3.63, 3.8) is 0 Å². The fraction of sp³-hybridized carbons (Fsp3) is 0.200. The minimum Gasteiger partial charge on any atom is -0.497 e. The Balaban J connectivity index is 1.32. The molecule has 0 saturated heterocycles. The first-order valence-corrected chi connectivity index (χ1v) is 19.0. The zero-order valence-electron chi connectivity index (χ0n) is 29.3. The van der Waals surface area contributed by atoms with Gasteiger partial charge in [-0.2, -0.15) is 0 Å². The van der Waals surface area contributed by atoms with Crippen molar-refractivity contribution >= 4 is 59.0 Å². The molecule has 0 radical (unpaired) electrons. The van der Waals surface area contributed by atoms with Gasteiger partial charge in [-0.15, -0.1) is 0 Å². The van der Waals surface area contributed by atoms with Crippen molar-refractivity contribution in [2.45, 2.75) is 34.1 Å². The number of aryl methyl sites for hydroxylation is 1. The molecule has 2 amide bonds. The van der Waals surface area contributed by atoms with Crippen molar-refractivity contribution in [2.75, 3.05) is 43.6 Å². The Labute approximate surface area is 317 Å². The molecule has 0 aromatic heterocycles. The number of amides is 2. The largest absolute Gasteiger partial charge is 0.497 e. The number of methoxy groups -OCH3 is 3. The van der Waals surface area contributed by atoms with E-state index < -0.39 is 6.04 Å². The minimum absolute atomic E-state index is 0.0903. The average molecular weight is 753 g/mol. The van der Waals surface area contributed by atoms with E-state index in [0.717, 1.165) is 48.5 Å². The van der Waals surface area contributed by atoms with Crippen LogP contribution in [0.5, 0.6) is 17.2 Å². The van der Waals surface area contributed by atoms with Gasteiger partial charge in [0.1, 0.15) is 29.8 Å². The van der Waals surface area contributed by atoms with Crippen molar-refractivity contribution < 1.29 is 23.8 Å². The van der Waals surface area contributed by atoms with Crippen LogP contribution in [0.1, 0.15) is 22.7 Å². The average Bonchev–Trinajstić information content (AvgIpc) is 3.60. The Kier molecular flexibility index (Phi) is 12.4. The van der Waals surface area contributed by atoms with E-state index in [2.05, 4.69) is 14.3 Å². The van der Waals surface area contributed by atoms with Gasteiger partial charge in [0.05, 0.1) is 31.9 Å². The lowest BCUT2D eigenvalue weighted by Gasteiger charge is -2.31. The van der Waals surface area contributed by atoms with Gasteiger partial charge in [0.15, 0.2) is 0 Å². The topological polar surface area (TPSA) is 92.4 Å². The summed E-state index contributed by atoms with van der Waals surface area (Å²) >= 11 is 3.99. The molecule has 268 valence electrons. The van der Waals surface area contributed by atoms with E-state index in [1.807, 2.05) is 126 Å². The van der Waals surface area contributed by atoms with Crippen molar-refractivity contribution in [1.82, 2.24) is 9.44 Å². The maximum atomic E-state index is 14.3. The predicted molar refractivity (Wildman–Crippen MR) is 212 cm³/mol. The predicted octanol–water partition coefficient (Wildman–Crippen LogP) is 8.29.